The van der Waals surface area contributed by atoms with Crippen LogP contribution < -0.4 is 5.32 Å². The van der Waals surface area contributed by atoms with E-state index >= 15 is 0 Å². The van der Waals surface area contributed by atoms with Crippen molar-refractivity contribution in [2.24, 2.45) is 5.92 Å². The predicted octanol–water partition coefficient (Wildman–Crippen LogP) is 1.94. The molecule has 0 aromatic rings. The Balaban J connectivity index is 2.82. The Morgan fingerprint density at radius 2 is 1.78 bits per heavy atom. The first-order valence-electron chi connectivity index (χ1n) is 6.81. The first-order valence-corrected chi connectivity index (χ1v) is 6.81. The van der Waals surface area contributed by atoms with Crippen LogP contribution >= 0.6 is 0 Å². The molecule has 1 fully saturated rings. The molecule has 104 valence electrons. The molecule has 1 N–H and O–H groups in total. The van der Waals surface area contributed by atoms with E-state index in [-0.39, 0.29) is 23.9 Å². The standard InChI is InChI=1S/C14H26N2O2/c1-9(2)7-8-10(3)16-11(4)12(17)15-14(5,6)13(16)18/h9-11H,7-8H2,1-6H3,(H,15,17). The molecule has 0 bridgehead atoms. The van der Waals surface area contributed by atoms with Crippen molar-refractivity contribution in [1.82, 2.24) is 10.2 Å². The molecule has 0 radical (unpaired) electrons. The Bertz CT molecular complexity index is 337. The van der Waals surface area contributed by atoms with Crippen molar-refractivity contribution in [1.29, 1.82) is 0 Å². The maximum absolute atomic E-state index is 12.4. The van der Waals surface area contributed by atoms with Crippen molar-refractivity contribution in [3.63, 3.8) is 0 Å². The lowest BCUT2D eigenvalue weighted by Gasteiger charge is -2.44. The number of piperazine rings is 1. The molecule has 1 aliphatic rings. The second-order valence-electron chi connectivity index (χ2n) is 6.32. The molecule has 18 heavy (non-hydrogen) atoms. The van der Waals surface area contributed by atoms with Gasteiger partial charge in [0.25, 0.3) is 0 Å². The highest BCUT2D eigenvalue weighted by molar-refractivity contribution is 5.99. The first kappa shape index (κ1) is 15.0. The molecule has 0 spiro atoms. The molecule has 0 saturated carbocycles. The van der Waals surface area contributed by atoms with Crippen LogP contribution in [0.2, 0.25) is 0 Å². The summed E-state index contributed by atoms with van der Waals surface area (Å²) in [6.07, 6.45) is 2.01. The van der Waals surface area contributed by atoms with Gasteiger partial charge in [-0.15, -0.1) is 0 Å². The monoisotopic (exact) mass is 254 g/mol. The average Bonchev–Trinajstić information content (AvgIpc) is 2.23. The van der Waals surface area contributed by atoms with Crippen LogP contribution in [0.1, 0.15) is 54.4 Å². The lowest BCUT2D eigenvalue weighted by molar-refractivity contribution is -0.155. The Hall–Kier alpha value is -1.06. The molecule has 1 aliphatic heterocycles. The van der Waals surface area contributed by atoms with Crippen LogP contribution in [0.25, 0.3) is 0 Å². The number of carbonyl (C=O) groups is 2. The highest BCUT2D eigenvalue weighted by atomic mass is 16.2. The van der Waals surface area contributed by atoms with Gasteiger partial charge in [-0.1, -0.05) is 13.8 Å². The van der Waals surface area contributed by atoms with Gasteiger partial charge in [0.2, 0.25) is 11.8 Å². The van der Waals surface area contributed by atoms with Crippen LogP contribution in [0.3, 0.4) is 0 Å². The van der Waals surface area contributed by atoms with E-state index in [0.29, 0.717) is 5.92 Å². The second-order valence-corrected chi connectivity index (χ2v) is 6.32. The molecule has 0 aromatic carbocycles. The van der Waals surface area contributed by atoms with E-state index in [2.05, 4.69) is 19.2 Å². The third-order valence-corrected chi connectivity index (χ3v) is 3.64. The van der Waals surface area contributed by atoms with Gasteiger partial charge in [-0.3, -0.25) is 9.59 Å². The highest BCUT2D eigenvalue weighted by Crippen LogP contribution is 2.23. The number of amides is 2. The van der Waals surface area contributed by atoms with Crippen molar-refractivity contribution in [2.45, 2.75) is 72.0 Å². The molecule has 4 nitrogen and oxygen atoms in total. The number of hydrogen-bond acceptors (Lipinski definition) is 2. The molecule has 2 amide bonds. The molecule has 2 atom stereocenters. The summed E-state index contributed by atoms with van der Waals surface area (Å²) in [5, 5.41) is 2.77. The second kappa shape index (κ2) is 5.29. The zero-order valence-electron chi connectivity index (χ0n) is 12.4. The van der Waals surface area contributed by atoms with Crippen LogP contribution in [-0.2, 0) is 9.59 Å². The van der Waals surface area contributed by atoms with Crippen molar-refractivity contribution >= 4 is 11.8 Å². The Morgan fingerprint density at radius 3 is 2.28 bits per heavy atom. The molecule has 1 rings (SSSR count). The van der Waals surface area contributed by atoms with E-state index in [9.17, 15) is 9.59 Å². The quantitative estimate of drug-likeness (QED) is 0.833. The normalized spacial score (nSPS) is 25.3. The zero-order valence-corrected chi connectivity index (χ0v) is 12.4. The number of nitrogens with one attached hydrogen (secondary N) is 1. The predicted molar refractivity (Wildman–Crippen MR) is 72.1 cm³/mol. The highest BCUT2D eigenvalue weighted by Gasteiger charge is 2.44. The zero-order chi connectivity index (χ0) is 14.1. The number of carbonyl (C=O) groups excluding carboxylic acids is 2. The molecule has 2 unspecified atom stereocenters. The van der Waals surface area contributed by atoms with Crippen LogP contribution in [0.15, 0.2) is 0 Å². The summed E-state index contributed by atoms with van der Waals surface area (Å²) in [5.74, 6) is 0.575. The number of hydrogen-bond donors (Lipinski definition) is 1. The summed E-state index contributed by atoms with van der Waals surface area (Å²) in [7, 11) is 0. The van der Waals surface area contributed by atoms with Crippen molar-refractivity contribution < 1.29 is 9.59 Å². The summed E-state index contributed by atoms with van der Waals surface area (Å²) in [4.78, 5) is 26.1. The van der Waals surface area contributed by atoms with Gasteiger partial charge >= 0.3 is 0 Å². The summed E-state index contributed by atoms with van der Waals surface area (Å²) in [6, 6.07) is -0.257. The van der Waals surface area contributed by atoms with Crippen molar-refractivity contribution in [3.8, 4) is 0 Å². The van der Waals surface area contributed by atoms with Crippen LogP contribution in [-0.4, -0.2) is 34.3 Å². The van der Waals surface area contributed by atoms with Crippen molar-refractivity contribution in [3.05, 3.63) is 0 Å². The smallest absolute Gasteiger partial charge is 0.248 e. The largest absolute Gasteiger partial charge is 0.340 e. The lowest BCUT2D eigenvalue weighted by Crippen LogP contribution is -2.68. The van der Waals surface area contributed by atoms with Crippen LogP contribution in [0.5, 0.6) is 0 Å². The lowest BCUT2D eigenvalue weighted by atomic mass is 9.94. The van der Waals surface area contributed by atoms with Gasteiger partial charge in [-0.2, -0.15) is 0 Å². The van der Waals surface area contributed by atoms with Gasteiger partial charge in [0.05, 0.1) is 0 Å². The van der Waals surface area contributed by atoms with Gasteiger partial charge in [0.15, 0.2) is 0 Å². The molecule has 0 aromatic heterocycles. The van der Waals surface area contributed by atoms with Gasteiger partial charge in [0, 0.05) is 6.04 Å². The maximum Gasteiger partial charge on any atom is 0.248 e. The minimum Gasteiger partial charge on any atom is -0.340 e. The minimum absolute atomic E-state index is 0.0193. The van der Waals surface area contributed by atoms with Crippen LogP contribution in [0, 0.1) is 5.92 Å². The average molecular weight is 254 g/mol. The van der Waals surface area contributed by atoms with E-state index < -0.39 is 5.54 Å². The molecule has 1 saturated heterocycles. The SMILES string of the molecule is CC(C)CCC(C)N1C(=O)C(C)(C)NC(=O)C1C. The fourth-order valence-corrected chi connectivity index (χ4v) is 2.39. The van der Waals surface area contributed by atoms with Crippen molar-refractivity contribution in [2.75, 3.05) is 0 Å². The van der Waals surface area contributed by atoms with Crippen LogP contribution in [0.4, 0.5) is 0 Å². The van der Waals surface area contributed by atoms with E-state index in [0.717, 1.165) is 12.8 Å². The number of rotatable bonds is 4. The Kier molecular flexibility index (Phi) is 4.41. The molecule has 1 heterocycles. The summed E-state index contributed by atoms with van der Waals surface area (Å²) < 4.78 is 0. The summed E-state index contributed by atoms with van der Waals surface area (Å²) >= 11 is 0. The van der Waals surface area contributed by atoms with Gasteiger partial charge < -0.3 is 10.2 Å². The Morgan fingerprint density at radius 1 is 1.22 bits per heavy atom. The van der Waals surface area contributed by atoms with E-state index in [1.165, 1.54) is 0 Å². The topological polar surface area (TPSA) is 49.4 Å². The number of nitrogens with zero attached hydrogens (tertiary/aromatic N) is 1. The van der Waals surface area contributed by atoms with Gasteiger partial charge in [-0.05, 0) is 46.5 Å². The molecular formula is C14H26N2O2. The van der Waals surface area contributed by atoms with E-state index in [1.54, 1.807) is 25.7 Å². The Labute approximate surface area is 110 Å². The third-order valence-electron chi connectivity index (χ3n) is 3.64. The fraction of sp³-hybridized carbons (Fsp3) is 0.857. The minimum atomic E-state index is -0.782. The summed E-state index contributed by atoms with van der Waals surface area (Å²) in [5.41, 5.74) is -0.782. The molecule has 0 aliphatic carbocycles. The summed E-state index contributed by atoms with van der Waals surface area (Å²) in [6.45, 7) is 11.7. The molecule has 4 heteroatoms. The van der Waals surface area contributed by atoms with E-state index in [1.807, 2.05) is 6.92 Å². The third kappa shape index (κ3) is 3.03. The van der Waals surface area contributed by atoms with E-state index in [4.69, 9.17) is 0 Å². The van der Waals surface area contributed by atoms with Gasteiger partial charge in [-0.25, -0.2) is 0 Å². The first-order chi connectivity index (χ1) is 8.16. The van der Waals surface area contributed by atoms with Gasteiger partial charge in [0.1, 0.15) is 11.6 Å². The maximum atomic E-state index is 12.4. The molecular weight excluding hydrogens is 228 g/mol. The fourth-order valence-electron chi connectivity index (χ4n) is 2.39.